The second-order valence-electron chi connectivity index (χ2n) is 2.27. The molecule has 0 aliphatic carbocycles. The Bertz CT molecular complexity index is 310. The van der Waals surface area contributed by atoms with Crippen molar-refractivity contribution in [3.05, 3.63) is 29.6 Å². The van der Waals surface area contributed by atoms with Gasteiger partial charge in [0.1, 0.15) is 11.4 Å². The molecule has 0 amide bonds. The molecular weight excluding hydrogens is 190 g/mol. The Morgan fingerprint density at radius 3 is 2.23 bits per heavy atom. The van der Waals surface area contributed by atoms with Crippen LogP contribution in [-0.4, -0.2) is 5.21 Å². The second kappa shape index (κ2) is 3.21. The van der Waals surface area contributed by atoms with Gasteiger partial charge in [-0.25, -0.2) is 4.39 Å². The molecule has 0 atom stereocenters. The van der Waals surface area contributed by atoms with E-state index in [1.54, 1.807) is 0 Å². The van der Waals surface area contributed by atoms with Gasteiger partial charge < -0.3 is 0 Å². The highest BCUT2D eigenvalue weighted by Crippen LogP contribution is 2.36. The van der Waals surface area contributed by atoms with Crippen molar-refractivity contribution in [3.63, 3.8) is 0 Å². The van der Waals surface area contributed by atoms with Crippen LogP contribution in [0.15, 0.2) is 18.2 Å². The molecule has 1 aromatic carbocycles. The van der Waals surface area contributed by atoms with Crippen LogP contribution in [0.25, 0.3) is 0 Å². The van der Waals surface area contributed by atoms with Crippen molar-refractivity contribution in [3.8, 4) is 0 Å². The Balaban J connectivity index is 3.32. The summed E-state index contributed by atoms with van der Waals surface area (Å²) >= 11 is 0. The topological polar surface area (TPSA) is 32.3 Å². The van der Waals surface area contributed by atoms with Crippen LogP contribution in [0, 0.1) is 5.82 Å². The van der Waals surface area contributed by atoms with E-state index in [2.05, 4.69) is 0 Å². The molecule has 0 bridgehead atoms. The molecule has 1 rings (SSSR count). The van der Waals surface area contributed by atoms with E-state index in [4.69, 9.17) is 5.21 Å². The molecule has 0 aliphatic heterocycles. The van der Waals surface area contributed by atoms with E-state index in [1.165, 1.54) is 5.48 Å². The van der Waals surface area contributed by atoms with Gasteiger partial charge in [0.15, 0.2) is 0 Å². The summed E-state index contributed by atoms with van der Waals surface area (Å²) in [6.07, 6.45) is -4.82. The standard InChI is InChI=1S/C7H5F4NO/c8-4-2-1-3-5(12-13)6(4)7(9,10)11/h1-3,12-13H. The lowest BCUT2D eigenvalue weighted by Gasteiger charge is -2.11. The van der Waals surface area contributed by atoms with Crippen LogP contribution in [0.2, 0.25) is 0 Å². The Labute approximate surface area is 70.8 Å². The average Bonchev–Trinajstić information content (AvgIpc) is 2.01. The molecule has 0 aromatic heterocycles. The van der Waals surface area contributed by atoms with E-state index in [-0.39, 0.29) is 0 Å². The summed E-state index contributed by atoms with van der Waals surface area (Å²) in [5.41, 5.74) is -0.921. The van der Waals surface area contributed by atoms with Crippen molar-refractivity contribution in [2.24, 2.45) is 0 Å². The SMILES string of the molecule is ONc1cccc(F)c1C(F)(F)F. The molecule has 0 spiro atoms. The number of hydrogen-bond donors (Lipinski definition) is 2. The molecule has 13 heavy (non-hydrogen) atoms. The number of halogens is 4. The van der Waals surface area contributed by atoms with Crippen LogP contribution in [0.3, 0.4) is 0 Å². The van der Waals surface area contributed by atoms with Crippen LogP contribution in [0.4, 0.5) is 23.2 Å². The molecular formula is C7H5F4NO. The van der Waals surface area contributed by atoms with Crippen molar-refractivity contribution < 1.29 is 22.8 Å². The summed E-state index contributed by atoms with van der Waals surface area (Å²) < 4.78 is 49.0. The predicted octanol–water partition coefficient (Wildman–Crippen LogP) is 2.65. The largest absolute Gasteiger partial charge is 0.421 e. The third-order valence-electron chi connectivity index (χ3n) is 1.42. The molecule has 6 heteroatoms. The van der Waals surface area contributed by atoms with Gasteiger partial charge >= 0.3 is 6.18 Å². The molecule has 2 N–H and O–H groups in total. The van der Waals surface area contributed by atoms with Gasteiger partial charge in [0.25, 0.3) is 0 Å². The third-order valence-corrected chi connectivity index (χ3v) is 1.42. The fraction of sp³-hybridized carbons (Fsp3) is 0.143. The first-order chi connectivity index (χ1) is 5.96. The second-order valence-corrected chi connectivity index (χ2v) is 2.27. The molecule has 2 nitrogen and oxygen atoms in total. The Morgan fingerprint density at radius 1 is 1.23 bits per heavy atom. The summed E-state index contributed by atoms with van der Waals surface area (Å²) in [5.74, 6) is -1.42. The van der Waals surface area contributed by atoms with Crippen molar-refractivity contribution in [1.29, 1.82) is 0 Å². The molecule has 0 saturated heterocycles. The number of benzene rings is 1. The third kappa shape index (κ3) is 1.89. The summed E-state index contributed by atoms with van der Waals surface area (Å²) in [6.45, 7) is 0. The van der Waals surface area contributed by atoms with E-state index in [0.717, 1.165) is 12.1 Å². The van der Waals surface area contributed by atoms with E-state index in [1.807, 2.05) is 0 Å². The molecule has 0 unspecified atom stereocenters. The maximum absolute atomic E-state index is 12.7. The Hall–Kier alpha value is -1.30. The van der Waals surface area contributed by atoms with Gasteiger partial charge in [0.2, 0.25) is 0 Å². The van der Waals surface area contributed by atoms with Crippen LogP contribution in [0.1, 0.15) is 5.56 Å². The number of rotatable bonds is 1. The zero-order chi connectivity index (χ0) is 10.1. The van der Waals surface area contributed by atoms with Gasteiger partial charge in [0.05, 0.1) is 5.69 Å². The van der Waals surface area contributed by atoms with Gasteiger partial charge in [-0.3, -0.25) is 10.7 Å². The number of hydrogen-bond acceptors (Lipinski definition) is 2. The molecule has 72 valence electrons. The predicted molar refractivity (Wildman–Crippen MR) is 36.8 cm³/mol. The number of nitrogens with one attached hydrogen (secondary N) is 1. The van der Waals surface area contributed by atoms with E-state index < -0.39 is 23.2 Å². The smallest absolute Gasteiger partial charge is 0.291 e. The van der Waals surface area contributed by atoms with Crippen molar-refractivity contribution in [2.75, 3.05) is 5.48 Å². The highest BCUT2D eigenvalue weighted by Gasteiger charge is 2.36. The fourth-order valence-corrected chi connectivity index (χ4v) is 0.905. The molecule has 0 saturated carbocycles. The van der Waals surface area contributed by atoms with Crippen LogP contribution in [0.5, 0.6) is 0 Å². The van der Waals surface area contributed by atoms with Crippen molar-refractivity contribution in [2.45, 2.75) is 6.18 Å². The van der Waals surface area contributed by atoms with Crippen molar-refractivity contribution >= 4 is 5.69 Å². The van der Waals surface area contributed by atoms with E-state index in [0.29, 0.717) is 6.07 Å². The molecule has 0 fully saturated rings. The molecule has 0 radical (unpaired) electrons. The quantitative estimate of drug-likeness (QED) is 0.533. The zero-order valence-corrected chi connectivity index (χ0v) is 6.19. The monoisotopic (exact) mass is 195 g/mol. The molecule has 0 aliphatic rings. The lowest BCUT2D eigenvalue weighted by Crippen LogP contribution is -2.11. The zero-order valence-electron chi connectivity index (χ0n) is 6.19. The van der Waals surface area contributed by atoms with Crippen LogP contribution >= 0.6 is 0 Å². The first kappa shape index (κ1) is 9.79. The van der Waals surface area contributed by atoms with Gasteiger partial charge in [0, 0.05) is 0 Å². The Morgan fingerprint density at radius 2 is 1.85 bits per heavy atom. The lowest BCUT2D eigenvalue weighted by atomic mass is 10.1. The highest BCUT2D eigenvalue weighted by atomic mass is 19.4. The van der Waals surface area contributed by atoms with Crippen LogP contribution in [-0.2, 0) is 6.18 Å². The minimum absolute atomic E-state index is 0.670. The maximum atomic E-state index is 12.7. The summed E-state index contributed by atoms with van der Waals surface area (Å²) in [4.78, 5) is 0. The van der Waals surface area contributed by atoms with E-state index >= 15 is 0 Å². The van der Waals surface area contributed by atoms with Crippen LogP contribution < -0.4 is 5.48 Å². The minimum Gasteiger partial charge on any atom is -0.291 e. The normalized spacial score (nSPS) is 11.5. The minimum atomic E-state index is -4.82. The first-order valence-corrected chi connectivity index (χ1v) is 3.22. The summed E-state index contributed by atoms with van der Waals surface area (Å²) in [6, 6.07) is 2.65. The highest BCUT2D eigenvalue weighted by molar-refractivity contribution is 5.51. The maximum Gasteiger partial charge on any atom is 0.421 e. The Kier molecular flexibility index (Phi) is 2.42. The summed E-state index contributed by atoms with van der Waals surface area (Å²) in [7, 11) is 0. The average molecular weight is 195 g/mol. The number of anilines is 1. The molecule has 1 aromatic rings. The number of alkyl halides is 3. The van der Waals surface area contributed by atoms with Gasteiger partial charge in [-0.15, -0.1) is 0 Å². The summed E-state index contributed by atoms with van der Waals surface area (Å²) in [5, 5.41) is 8.29. The van der Waals surface area contributed by atoms with Gasteiger partial charge in [-0.2, -0.15) is 13.2 Å². The van der Waals surface area contributed by atoms with E-state index in [9.17, 15) is 17.6 Å². The lowest BCUT2D eigenvalue weighted by molar-refractivity contribution is -0.139. The molecule has 0 heterocycles. The fourth-order valence-electron chi connectivity index (χ4n) is 0.905. The van der Waals surface area contributed by atoms with Crippen molar-refractivity contribution in [1.82, 2.24) is 0 Å². The first-order valence-electron chi connectivity index (χ1n) is 3.22. The van der Waals surface area contributed by atoms with Gasteiger partial charge in [-0.1, -0.05) is 6.07 Å². The van der Waals surface area contributed by atoms with Gasteiger partial charge in [-0.05, 0) is 12.1 Å².